The fourth-order valence-corrected chi connectivity index (χ4v) is 4.64. The van der Waals surface area contributed by atoms with E-state index in [0.29, 0.717) is 17.4 Å². The number of anilines is 1. The highest BCUT2D eigenvalue weighted by molar-refractivity contribution is 5.87. The third kappa shape index (κ3) is 2.71. The van der Waals surface area contributed by atoms with Crippen molar-refractivity contribution in [1.82, 2.24) is 0 Å². The molecule has 28 heavy (non-hydrogen) atoms. The van der Waals surface area contributed by atoms with Gasteiger partial charge in [0.25, 0.3) is 0 Å². The number of benzene rings is 3. The largest absolute Gasteiger partial charge is 0.478 e. The molecule has 3 atom stereocenters. The Morgan fingerprint density at radius 2 is 1.71 bits per heavy atom. The van der Waals surface area contributed by atoms with Crippen LogP contribution in [0.2, 0.25) is 0 Å². The SMILES string of the molecule is O=C(O)c1ccc([C@H]2Nc3c(-c4ccccc4)cccc3[C@@H]3C=CC[C@@H]23)cc1. The molecule has 0 unspecified atom stereocenters. The molecule has 3 aromatic carbocycles. The Kier molecular flexibility index (Phi) is 4.01. The van der Waals surface area contributed by atoms with Gasteiger partial charge in [-0.15, -0.1) is 0 Å². The van der Waals surface area contributed by atoms with Crippen LogP contribution in [0.15, 0.2) is 84.9 Å². The molecule has 0 aromatic heterocycles. The Morgan fingerprint density at radius 1 is 0.929 bits per heavy atom. The van der Waals surface area contributed by atoms with Crippen molar-refractivity contribution in [2.75, 3.05) is 5.32 Å². The van der Waals surface area contributed by atoms with Gasteiger partial charge in [-0.3, -0.25) is 0 Å². The number of para-hydroxylation sites is 1. The van der Waals surface area contributed by atoms with E-state index in [-0.39, 0.29) is 6.04 Å². The second kappa shape index (κ2) is 6.68. The molecule has 5 rings (SSSR count). The summed E-state index contributed by atoms with van der Waals surface area (Å²) in [5.74, 6) is -0.0708. The van der Waals surface area contributed by atoms with Gasteiger partial charge in [0.05, 0.1) is 11.6 Å². The van der Waals surface area contributed by atoms with Crippen molar-refractivity contribution in [1.29, 1.82) is 0 Å². The molecule has 2 N–H and O–H groups in total. The lowest BCUT2D eigenvalue weighted by Gasteiger charge is -2.38. The molecule has 2 aliphatic rings. The lowest BCUT2D eigenvalue weighted by Crippen LogP contribution is -2.29. The Balaban J connectivity index is 1.60. The number of carboxylic acid groups (broad SMARTS) is 1. The molecular formula is C25H21NO2. The fourth-order valence-electron chi connectivity index (χ4n) is 4.64. The average Bonchev–Trinajstić information content (AvgIpc) is 3.24. The maximum atomic E-state index is 11.2. The number of carbonyl (C=O) groups is 1. The molecule has 138 valence electrons. The summed E-state index contributed by atoms with van der Waals surface area (Å²) < 4.78 is 0. The van der Waals surface area contributed by atoms with E-state index in [9.17, 15) is 9.90 Å². The van der Waals surface area contributed by atoms with Crippen molar-refractivity contribution in [2.24, 2.45) is 5.92 Å². The number of nitrogens with one attached hydrogen (secondary N) is 1. The Labute approximate surface area is 164 Å². The molecule has 1 heterocycles. The summed E-state index contributed by atoms with van der Waals surface area (Å²) >= 11 is 0. The molecule has 0 fully saturated rings. The first-order valence-electron chi connectivity index (χ1n) is 9.67. The van der Waals surface area contributed by atoms with Gasteiger partial charge in [-0.2, -0.15) is 0 Å². The smallest absolute Gasteiger partial charge is 0.335 e. The van der Waals surface area contributed by atoms with Crippen LogP contribution in [0.4, 0.5) is 5.69 Å². The van der Waals surface area contributed by atoms with Gasteiger partial charge >= 0.3 is 5.97 Å². The molecule has 3 nitrogen and oxygen atoms in total. The molecule has 0 saturated heterocycles. The van der Waals surface area contributed by atoms with Gasteiger partial charge in [-0.25, -0.2) is 4.79 Å². The predicted octanol–water partition coefficient (Wildman–Crippen LogP) is 5.88. The van der Waals surface area contributed by atoms with Crippen molar-refractivity contribution >= 4 is 11.7 Å². The van der Waals surface area contributed by atoms with Crippen molar-refractivity contribution in [3.05, 3.63) is 102 Å². The molecule has 0 amide bonds. The number of fused-ring (bicyclic) bond motifs is 3. The zero-order valence-electron chi connectivity index (χ0n) is 15.4. The third-order valence-corrected chi connectivity index (χ3v) is 6.00. The van der Waals surface area contributed by atoms with Gasteiger partial charge in [0.1, 0.15) is 0 Å². The zero-order valence-corrected chi connectivity index (χ0v) is 15.4. The van der Waals surface area contributed by atoms with Crippen LogP contribution in [-0.2, 0) is 0 Å². The molecule has 0 bridgehead atoms. The number of hydrogen-bond acceptors (Lipinski definition) is 2. The Hall–Kier alpha value is -3.33. The molecule has 0 spiro atoms. The highest BCUT2D eigenvalue weighted by Crippen LogP contribution is 2.52. The van der Waals surface area contributed by atoms with Crippen LogP contribution in [0.5, 0.6) is 0 Å². The quantitative estimate of drug-likeness (QED) is 0.569. The summed E-state index contributed by atoms with van der Waals surface area (Å²) in [5.41, 5.74) is 6.41. The highest BCUT2D eigenvalue weighted by Gasteiger charge is 2.38. The second-order valence-electron chi connectivity index (χ2n) is 7.54. The van der Waals surface area contributed by atoms with E-state index in [4.69, 9.17) is 0 Å². The molecule has 3 heteroatoms. The normalized spacial score (nSPS) is 22.2. The van der Waals surface area contributed by atoms with E-state index < -0.39 is 5.97 Å². The van der Waals surface area contributed by atoms with Crippen LogP contribution >= 0.6 is 0 Å². The molecular weight excluding hydrogens is 346 g/mol. The molecule has 0 radical (unpaired) electrons. The van der Waals surface area contributed by atoms with Crippen molar-refractivity contribution in [2.45, 2.75) is 18.4 Å². The van der Waals surface area contributed by atoms with Crippen molar-refractivity contribution < 1.29 is 9.90 Å². The van der Waals surface area contributed by atoms with Gasteiger partial charge in [0.15, 0.2) is 0 Å². The van der Waals surface area contributed by atoms with Gasteiger partial charge in [-0.05, 0) is 41.2 Å². The van der Waals surface area contributed by atoms with Crippen LogP contribution in [0.3, 0.4) is 0 Å². The lowest BCUT2D eigenvalue weighted by atomic mass is 9.76. The van der Waals surface area contributed by atoms with E-state index in [1.807, 2.05) is 18.2 Å². The lowest BCUT2D eigenvalue weighted by molar-refractivity contribution is 0.0697. The molecule has 1 aliphatic carbocycles. The van der Waals surface area contributed by atoms with Gasteiger partial charge < -0.3 is 10.4 Å². The Morgan fingerprint density at radius 3 is 2.46 bits per heavy atom. The average molecular weight is 367 g/mol. The predicted molar refractivity (Wildman–Crippen MR) is 112 cm³/mol. The standard InChI is InChI=1S/C25H21NO2/c27-25(28)18-14-12-17(13-15-18)23-21-10-5-9-20(21)22-11-4-8-19(24(22)26-23)16-6-2-1-3-7-16/h1-9,11-15,20-21,23,26H,10H2,(H,27,28)/t20-,21-,23-/m1/s1. The third-order valence-electron chi connectivity index (χ3n) is 6.00. The second-order valence-corrected chi connectivity index (χ2v) is 7.54. The molecule has 3 aromatic rings. The zero-order chi connectivity index (χ0) is 19.1. The first-order chi connectivity index (χ1) is 13.7. The van der Waals surface area contributed by atoms with E-state index in [1.165, 1.54) is 22.4 Å². The van der Waals surface area contributed by atoms with E-state index >= 15 is 0 Å². The van der Waals surface area contributed by atoms with Crippen LogP contribution in [0, 0.1) is 5.92 Å². The summed E-state index contributed by atoms with van der Waals surface area (Å²) in [6, 6.07) is 24.5. The minimum absolute atomic E-state index is 0.153. The minimum atomic E-state index is -0.889. The summed E-state index contributed by atoms with van der Waals surface area (Å²) in [5, 5.41) is 13.0. The Bertz CT molecular complexity index is 1050. The van der Waals surface area contributed by atoms with Crippen LogP contribution in [0.1, 0.15) is 39.9 Å². The van der Waals surface area contributed by atoms with Crippen LogP contribution in [0.25, 0.3) is 11.1 Å². The summed E-state index contributed by atoms with van der Waals surface area (Å²) in [6.45, 7) is 0. The van der Waals surface area contributed by atoms with E-state index in [1.54, 1.807) is 12.1 Å². The van der Waals surface area contributed by atoms with Gasteiger partial charge in [0.2, 0.25) is 0 Å². The number of rotatable bonds is 3. The maximum absolute atomic E-state index is 11.2. The monoisotopic (exact) mass is 367 g/mol. The fraction of sp³-hybridized carbons (Fsp3) is 0.160. The summed E-state index contributed by atoms with van der Waals surface area (Å²) in [7, 11) is 0. The first-order valence-corrected chi connectivity index (χ1v) is 9.67. The van der Waals surface area contributed by atoms with Crippen molar-refractivity contribution in [3.8, 4) is 11.1 Å². The van der Waals surface area contributed by atoms with Crippen LogP contribution < -0.4 is 5.32 Å². The topological polar surface area (TPSA) is 49.3 Å². The summed E-state index contributed by atoms with van der Waals surface area (Å²) in [6.07, 6.45) is 5.63. The number of hydrogen-bond donors (Lipinski definition) is 2. The number of allylic oxidation sites excluding steroid dienone is 2. The van der Waals surface area contributed by atoms with Gasteiger partial charge in [0, 0.05) is 17.2 Å². The first kappa shape index (κ1) is 16.8. The van der Waals surface area contributed by atoms with E-state index in [0.717, 1.165) is 12.0 Å². The highest BCUT2D eigenvalue weighted by atomic mass is 16.4. The maximum Gasteiger partial charge on any atom is 0.335 e. The van der Waals surface area contributed by atoms with Gasteiger partial charge in [-0.1, -0.05) is 72.8 Å². The molecule has 1 aliphatic heterocycles. The van der Waals surface area contributed by atoms with E-state index in [2.05, 4.69) is 59.9 Å². The van der Waals surface area contributed by atoms with Crippen molar-refractivity contribution in [3.63, 3.8) is 0 Å². The number of carboxylic acids is 1. The minimum Gasteiger partial charge on any atom is -0.478 e. The summed E-state index contributed by atoms with van der Waals surface area (Å²) in [4.78, 5) is 11.2. The van der Waals surface area contributed by atoms with Crippen LogP contribution in [-0.4, -0.2) is 11.1 Å². The molecule has 0 saturated carbocycles. The number of aromatic carboxylic acids is 1.